The molecule has 3 aromatic rings. The van der Waals surface area contributed by atoms with Gasteiger partial charge in [0.15, 0.2) is 23.0 Å². The largest absolute Gasteiger partial charge is 0.493 e. The van der Waals surface area contributed by atoms with Crippen molar-refractivity contribution in [3.63, 3.8) is 0 Å². The Balaban J connectivity index is 1.62. The fourth-order valence-corrected chi connectivity index (χ4v) is 5.51. The van der Waals surface area contributed by atoms with Gasteiger partial charge in [-0.05, 0) is 66.9 Å². The van der Waals surface area contributed by atoms with Crippen molar-refractivity contribution in [1.29, 1.82) is 0 Å². The molecule has 0 unspecified atom stereocenters. The molecule has 2 atom stereocenters. The van der Waals surface area contributed by atoms with Gasteiger partial charge in [0.05, 0.1) is 21.3 Å². The van der Waals surface area contributed by atoms with Crippen LogP contribution in [0.25, 0.3) is 0 Å². The number of amides is 2. The summed E-state index contributed by atoms with van der Waals surface area (Å²) in [7, 11) is 4.44. The molecule has 2 aliphatic rings. The normalized spacial score (nSPS) is 17.1. The van der Waals surface area contributed by atoms with Gasteiger partial charge in [0, 0.05) is 11.7 Å². The monoisotopic (exact) mass is 578 g/mol. The zero-order valence-corrected chi connectivity index (χ0v) is 23.9. The van der Waals surface area contributed by atoms with Gasteiger partial charge in [-0.25, -0.2) is 4.39 Å². The number of methoxy groups -OCH3 is 3. The third-order valence-electron chi connectivity index (χ3n) is 7.59. The highest BCUT2D eigenvalue weighted by molar-refractivity contribution is 6.04. The Morgan fingerprint density at radius 3 is 2.17 bits per heavy atom. The summed E-state index contributed by atoms with van der Waals surface area (Å²) in [5.74, 6) is 0.506. The molecular formula is C32H35FN2O7. The van der Waals surface area contributed by atoms with E-state index in [4.69, 9.17) is 23.7 Å². The van der Waals surface area contributed by atoms with E-state index in [1.54, 1.807) is 30.3 Å². The summed E-state index contributed by atoms with van der Waals surface area (Å²) in [5, 5.41) is 3.16. The number of carbonyl (C=O) groups excluding carboxylic acids is 2. The van der Waals surface area contributed by atoms with Crippen molar-refractivity contribution in [2.75, 3.05) is 32.8 Å². The van der Waals surface area contributed by atoms with Crippen LogP contribution in [0.15, 0.2) is 60.7 Å². The van der Waals surface area contributed by atoms with Crippen molar-refractivity contribution in [2.24, 2.45) is 0 Å². The summed E-state index contributed by atoms with van der Waals surface area (Å²) >= 11 is 0. The molecule has 0 bridgehead atoms. The highest BCUT2D eigenvalue weighted by Gasteiger charge is 2.40. The minimum atomic E-state index is -1.20. The Labute approximate surface area is 244 Å². The molecule has 10 heteroatoms. The third-order valence-corrected chi connectivity index (χ3v) is 7.59. The van der Waals surface area contributed by atoms with Gasteiger partial charge in [-0.15, -0.1) is 0 Å². The zero-order valence-electron chi connectivity index (χ0n) is 23.9. The first-order valence-corrected chi connectivity index (χ1v) is 14.0. The van der Waals surface area contributed by atoms with E-state index in [1.165, 1.54) is 50.5 Å². The molecule has 1 saturated carbocycles. The van der Waals surface area contributed by atoms with Gasteiger partial charge >= 0.3 is 0 Å². The lowest BCUT2D eigenvalue weighted by molar-refractivity contribution is -0.132. The molecule has 0 aromatic heterocycles. The van der Waals surface area contributed by atoms with Crippen LogP contribution < -0.4 is 33.9 Å². The second-order valence-corrected chi connectivity index (χ2v) is 10.3. The lowest BCUT2D eigenvalue weighted by atomic mass is 9.94. The maximum Gasteiger partial charge on any atom is 0.272 e. The van der Waals surface area contributed by atoms with Gasteiger partial charge in [0.1, 0.15) is 18.5 Å². The second-order valence-electron chi connectivity index (χ2n) is 10.3. The van der Waals surface area contributed by atoms with E-state index in [9.17, 15) is 14.0 Å². The van der Waals surface area contributed by atoms with Crippen LogP contribution in [0.2, 0.25) is 0 Å². The van der Waals surface area contributed by atoms with E-state index in [1.807, 2.05) is 6.07 Å². The van der Waals surface area contributed by atoms with Crippen LogP contribution in [-0.4, -0.2) is 51.9 Å². The Morgan fingerprint density at radius 2 is 1.55 bits per heavy atom. The standard InChI is InChI=1S/C32H35FN2O7/c1-38-26-17-20(18-27(39-2)30(26)40-3)29(31(36)34-22-9-5-4-6-10-22)35(23-15-13-21(33)14-16-23)32(37)28-19-41-24-11-7-8-12-25(24)42-28/h7-8,11-18,22,28-29H,4-6,9-10,19H2,1-3H3,(H,34,36)/t28-,29-/m1/s1. The van der Waals surface area contributed by atoms with Crippen molar-refractivity contribution in [3.05, 3.63) is 72.0 Å². The van der Waals surface area contributed by atoms with Gasteiger partial charge in [0.25, 0.3) is 5.91 Å². The molecule has 2 amide bonds. The number of halogens is 1. The van der Waals surface area contributed by atoms with Crippen molar-refractivity contribution in [2.45, 2.75) is 50.3 Å². The van der Waals surface area contributed by atoms with Crippen molar-refractivity contribution < 1.29 is 37.7 Å². The number of anilines is 1. The first kappa shape index (κ1) is 29.0. The van der Waals surface area contributed by atoms with Crippen LogP contribution in [0.4, 0.5) is 10.1 Å². The van der Waals surface area contributed by atoms with E-state index >= 15 is 0 Å². The van der Waals surface area contributed by atoms with Crippen molar-refractivity contribution in [1.82, 2.24) is 5.32 Å². The van der Waals surface area contributed by atoms with Crippen LogP contribution in [0.5, 0.6) is 28.7 Å². The summed E-state index contributed by atoms with van der Waals surface area (Å²) in [6.45, 7) is -0.0697. The minimum Gasteiger partial charge on any atom is -0.493 e. The van der Waals surface area contributed by atoms with Crippen LogP contribution in [0, 0.1) is 5.82 Å². The number of hydrogen-bond acceptors (Lipinski definition) is 7. The summed E-state index contributed by atoms with van der Waals surface area (Å²) in [6, 6.07) is 14.5. The molecule has 1 aliphatic heterocycles. The molecule has 3 aromatic carbocycles. The van der Waals surface area contributed by atoms with Gasteiger partial charge in [-0.2, -0.15) is 0 Å². The van der Waals surface area contributed by atoms with Crippen LogP contribution in [0.3, 0.4) is 0 Å². The van der Waals surface area contributed by atoms with E-state index < -0.39 is 29.8 Å². The van der Waals surface area contributed by atoms with Gasteiger partial charge in [0.2, 0.25) is 17.8 Å². The lowest BCUT2D eigenvalue weighted by Crippen LogP contribution is -2.52. The van der Waals surface area contributed by atoms with Gasteiger partial charge < -0.3 is 29.0 Å². The predicted octanol–water partition coefficient (Wildman–Crippen LogP) is 5.21. The molecular weight excluding hydrogens is 543 g/mol. The molecule has 5 rings (SSSR count). The van der Waals surface area contributed by atoms with E-state index in [-0.39, 0.29) is 12.6 Å². The molecule has 1 fully saturated rings. The number of nitrogens with zero attached hydrogens (tertiary/aromatic N) is 1. The highest BCUT2D eigenvalue weighted by atomic mass is 19.1. The number of carbonyl (C=O) groups is 2. The van der Waals surface area contributed by atoms with Gasteiger partial charge in [-0.1, -0.05) is 31.4 Å². The highest BCUT2D eigenvalue weighted by Crippen LogP contribution is 2.42. The molecule has 1 aliphatic carbocycles. The SMILES string of the molecule is COc1cc([C@H](C(=O)NC2CCCCC2)N(C(=O)[C@H]2COc3ccccc3O2)c2ccc(F)cc2)cc(OC)c1OC. The summed E-state index contributed by atoms with van der Waals surface area (Å²) in [4.78, 5) is 30.0. The average molecular weight is 579 g/mol. The smallest absolute Gasteiger partial charge is 0.272 e. The molecule has 42 heavy (non-hydrogen) atoms. The second kappa shape index (κ2) is 13.0. The number of benzene rings is 3. The maximum absolute atomic E-state index is 14.4. The van der Waals surface area contributed by atoms with Crippen molar-refractivity contribution in [3.8, 4) is 28.7 Å². The summed E-state index contributed by atoms with van der Waals surface area (Å²) in [6.07, 6.45) is 3.74. The Hall–Kier alpha value is -4.47. The predicted molar refractivity (Wildman–Crippen MR) is 154 cm³/mol. The molecule has 1 N–H and O–H groups in total. The topological polar surface area (TPSA) is 95.6 Å². The van der Waals surface area contributed by atoms with Gasteiger partial charge in [-0.3, -0.25) is 14.5 Å². The Bertz CT molecular complexity index is 1380. The summed E-state index contributed by atoms with van der Waals surface area (Å²) < 4.78 is 42.6. The molecule has 222 valence electrons. The number of fused-ring (bicyclic) bond motifs is 1. The Kier molecular flexibility index (Phi) is 9.00. The van der Waals surface area contributed by atoms with Crippen LogP contribution in [0.1, 0.15) is 43.7 Å². The Morgan fingerprint density at radius 1 is 0.905 bits per heavy atom. The van der Waals surface area contributed by atoms with Crippen LogP contribution >= 0.6 is 0 Å². The minimum absolute atomic E-state index is 0.0397. The summed E-state index contributed by atoms with van der Waals surface area (Å²) in [5.41, 5.74) is 0.717. The van der Waals surface area contributed by atoms with E-state index in [0.29, 0.717) is 40.0 Å². The quantitative estimate of drug-likeness (QED) is 0.372. The molecule has 9 nitrogen and oxygen atoms in total. The average Bonchev–Trinajstić information content (AvgIpc) is 3.03. The zero-order chi connectivity index (χ0) is 29.6. The molecule has 0 radical (unpaired) electrons. The van der Waals surface area contributed by atoms with Crippen molar-refractivity contribution >= 4 is 17.5 Å². The first-order valence-electron chi connectivity index (χ1n) is 14.0. The van der Waals surface area contributed by atoms with E-state index in [0.717, 1.165) is 32.1 Å². The molecule has 0 saturated heterocycles. The van der Waals surface area contributed by atoms with E-state index in [2.05, 4.69) is 5.32 Å². The number of para-hydroxylation sites is 2. The van der Waals surface area contributed by atoms with Crippen LogP contribution in [-0.2, 0) is 9.59 Å². The number of hydrogen-bond donors (Lipinski definition) is 1. The number of ether oxygens (including phenoxy) is 5. The first-order chi connectivity index (χ1) is 20.4. The number of rotatable bonds is 9. The fraction of sp³-hybridized carbons (Fsp3) is 0.375. The molecule has 0 spiro atoms. The number of nitrogens with one attached hydrogen (secondary N) is 1. The lowest BCUT2D eigenvalue weighted by Gasteiger charge is -2.36. The molecule has 1 heterocycles. The third kappa shape index (κ3) is 6.07. The maximum atomic E-state index is 14.4. The fourth-order valence-electron chi connectivity index (χ4n) is 5.51.